The van der Waals surface area contributed by atoms with Gasteiger partial charge in [0.1, 0.15) is 12.4 Å². The van der Waals surface area contributed by atoms with E-state index in [1.54, 1.807) is 23.9 Å². The lowest BCUT2D eigenvalue weighted by atomic mass is 10.1. The highest BCUT2D eigenvalue weighted by Crippen LogP contribution is 2.41. The zero-order chi connectivity index (χ0) is 15.0. The van der Waals surface area contributed by atoms with Gasteiger partial charge in [-0.2, -0.15) is 0 Å². The maximum atomic E-state index is 11.5. The fourth-order valence-electron chi connectivity index (χ4n) is 2.20. The Morgan fingerprint density at radius 2 is 2.38 bits per heavy atom. The van der Waals surface area contributed by atoms with Gasteiger partial charge in [-0.25, -0.2) is 9.86 Å². The van der Waals surface area contributed by atoms with Crippen LogP contribution >= 0.6 is 23.5 Å². The monoisotopic (exact) mass is 327 g/mol. The first-order valence-corrected chi connectivity index (χ1v) is 8.21. The van der Waals surface area contributed by atoms with Gasteiger partial charge in [-0.3, -0.25) is 19.9 Å². The Kier molecular flexibility index (Phi) is 3.96. The maximum Gasteiger partial charge on any atom is 0.352 e. The summed E-state index contributed by atoms with van der Waals surface area (Å²) in [5.41, 5.74) is 0.0864. The summed E-state index contributed by atoms with van der Waals surface area (Å²) >= 11 is 3.11. The van der Waals surface area contributed by atoms with Crippen molar-refractivity contribution in [1.29, 1.82) is 0 Å². The molecule has 0 spiro atoms. The van der Waals surface area contributed by atoms with E-state index in [0.29, 0.717) is 12.2 Å². The van der Waals surface area contributed by atoms with Crippen LogP contribution in [0.2, 0.25) is 0 Å². The summed E-state index contributed by atoms with van der Waals surface area (Å²) in [6.07, 6.45) is 5.28. The van der Waals surface area contributed by atoms with Gasteiger partial charge in [0.15, 0.2) is 0 Å². The van der Waals surface area contributed by atoms with E-state index < -0.39 is 5.97 Å². The molecule has 3 heterocycles. The molecule has 0 aromatic carbocycles. The van der Waals surface area contributed by atoms with Gasteiger partial charge in [-0.15, -0.1) is 23.5 Å². The normalized spacial score (nSPS) is 27.8. The van der Waals surface area contributed by atoms with Crippen LogP contribution in [-0.2, 0) is 9.59 Å². The number of carboxylic acid groups (broad SMARTS) is 1. The largest absolute Gasteiger partial charge is 0.477 e. The summed E-state index contributed by atoms with van der Waals surface area (Å²) in [4.78, 5) is 28.2. The lowest BCUT2D eigenvalue weighted by Gasteiger charge is -2.44. The van der Waals surface area contributed by atoms with E-state index in [9.17, 15) is 14.7 Å². The fourth-order valence-corrected chi connectivity index (χ4v) is 4.66. The number of aliphatic carboxylic acids is 1. The number of nitrogens with zero attached hydrogens (tertiary/aromatic N) is 3. The van der Waals surface area contributed by atoms with Crippen LogP contribution in [0.1, 0.15) is 6.42 Å². The Bertz CT molecular complexity index is 575. The van der Waals surface area contributed by atoms with Crippen molar-refractivity contribution in [3.8, 4) is 0 Å². The van der Waals surface area contributed by atoms with E-state index >= 15 is 0 Å². The van der Waals surface area contributed by atoms with Gasteiger partial charge in [0.05, 0.1) is 16.8 Å². The minimum Gasteiger partial charge on any atom is -0.477 e. The number of carbonyl (C=O) groups excluding carboxylic acids is 1. The smallest absolute Gasteiger partial charge is 0.352 e. The maximum absolute atomic E-state index is 11.5. The molecule has 2 atom stereocenters. The van der Waals surface area contributed by atoms with Gasteiger partial charge in [0, 0.05) is 17.2 Å². The lowest BCUT2D eigenvalue weighted by Crippen LogP contribution is -2.54. The standard InChI is InChI=1S/C12H13N3O4S2/c16-10-4-11-15(10)8(12(17)18)3-7(21-11)5-20-9-1-2-14(19)6-13-9/h1-3,7,11,19H,4-6H2,(H,17,18)/t7?,11-/m1/s1. The molecule has 1 unspecified atom stereocenters. The zero-order valence-electron chi connectivity index (χ0n) is 10.9. The molecule has 112 valence electrons. The van der Waals surface area contributed by atoms with Crippen LogP contribution in [0.5, 0.6) is 0 Å². The second kappa shape index (κ2) is 5.74. The number of hydrogen-bond donors (Lipinski definition) is 2. The highest BCUT2D eigenvalue weighted by Gasteiger charge is 2.45. The molecular weight excluding hydrogens is 314 g/mol. The fraction of sp³-hybridized carbons (Fsp3) is 0.417. The number of carbonyl (C=O) groups is 2. The average molecular weight is 327 g/mol. The van der Waals surface area contributed by atoms with E-state index in [1.807, 2.05) is 0 Å². The van der Waals surface area contributed by atoms with Crippen LogP contribution in [-0.4, -0.2) is 60.2 Å². The van der Waals surface area contributed by atoms with Crippen LogP contribution < -0.4 is 0 Å². The molecule has 1 amide bonds. The van der Waals surface area contributed by atoms with E-state index in [0.717, 1.165) is 10.1 Å². The van der Waals surface area contributed by atoms with Gasteiger partial charge in [-0.1, -0.05) is 0 Å². The van der Waals surface area contributed by atoms with Gasteiger partial charge in [0.25, 0.3) is 0 Å². The number of hydrogen-bond acceptors (Lipinski definition) is 7. The molecule has 2 N–H and O–H groups in total. The molecule has 0 aromatic heterocycles. The van der Waals surface area contributed by atoms with E-state index in [-0.39, 0.29) is 28.9 Å². The molecule has 0 aromatic rings. The number of thioether (sulfide) groups is 2. The first-order chi connectivity index (χ1) is 10.0. The van der Waals surface area contributed by atoms with Crippen LogP contribution in [0, 0.1) is 0 Å². The van der Waals surface area contributed by atoms with Crippen LogP contribution in [0.15, 0.2) is 29.0 Å². The molecule has 1 saturated heterocycles. The van der Waals surface area contributed by atoms with Crippen LogP contribution in [0.25, 0.3) is 0 Å². The SMILES string of the molecule is O=C(O)C1=CC(CSC2=NCN(O)C=C2)S[C@@H]2CC(=O)N12. The van der Waals surface area contributed by atoms with Crippen molar-refractivity contribution < 1.29 is 19.9 Å². The topological polar surface area (TPSA) is 93.4 Å². The molecular formula is C12H13N3O4S2. The highest BCUT2D eigenvalue weighted by atomic mass is 32.2. The molecule has 21 heavy (non-hydrogen) atoms. The number of fused-ring (bicyclic) bond motifs is 1. The number of β-lactam (4-membered cyclic amide) rings is 1. The van der Waals surface area contributed by atoms with Crippen LogP contribution in [0.3, 0.4) is 0 Å². The van der Waals surface area contributed by atoms with E-state index in [1.165, 1.54) is 22.9 Å². The highest BCUT2D eigenvalue weighted by molar-refractivity contribution is 8.15. The Labute approximate surface area is 129 Å². The molecule has 3 aliphatic heterocycles. The molecule has 0 saturated carbocycles. The molecule has 7 nitrogen and oxygen atoms in total. The summed E-state index contributed by atoms with van der Waals surface area (Å²) < 4.78 is 0. The minimum atomic E-state index is -1.06. The third-order valence-electron chi connectivity index (χ3n) is 3.22. The van der Waals surface area contributed by atoms with Crippen molar-refractivity contribution in [2.45, 2.75) is 17.0 Å². The van der Waals surface area contributed by atoms with Crippen molar-refractivity contribution in [3.05, 3.63) is 24.0 Å². The van der Waals surface area contributed by atoms with Crippen molar-refractivity contribution >= 4 is 40.4 Å². The zero-order valence-corrected chi connectivity index (χ0v) is 12.5. The number of aliphatic imine (C=N–C) groups is 1. The quantitative estimate of drug-likeness (QED) is 0.745. The molecule has 0 bridgehead atoms. The molecule has 3 aliphatic rings. The Hall–Kier alpha value is -1.45. The minimum absolute atomic E-state index is 0.0266. The predicted molar refractivity (Wildman–Crippen MR) is 79.9 cm³/mol. The van der Waals surface area contributed by atoms with Gasteiger partial charge >= 0.3 is 5.97 Å². The van der Waals surface area contributed by atoms with Crippen molar-refractivity contribution in [3.63, 3.8) is 0 Å². The number of amides is 1. The van der Waals surface area contributed by atoms with Gasteiger partial charge in [0.2, 0.25) is 5.91 Å². The number of rotatable bonds is 3. The molecule has 0 radical (unpaired) electrons. The Morgan fingerprint density at radius 3 is 3.00 bits per heavy atom. The first-order valence-electron chi connectivity index (χ1n) is 6.28. The summed E-state index contributed by atoms with van der Waals surface area (Å²) in [6, 6.07) is 0. The second-order valence-corrected chi connectivity index (χ2v) is 7.12. The average Bonchev–Trinajstić information content (AvgIpc) is 2.44. The lowest BCUT2D eigenvalue weighted by molar-refractivity contribution is -0.146. The van der Waals surface area contributed by atoms with Gasteiger partial charge < -0.3 is 5.11 Å². The third-order valence-corrected chi connectivity index (χ3v) is 5.86. The summed E-state index contributed by atoms with van der Waals surface area (Å²) in [7, 11) is 0. The van der Waals surface area contributed by atoms with Crippen molar-refractivity contribution in [2.75, 3.05) is 12.4 Å². The first kappa shape index (κ1) is 14.5. The molecule has 3 rings (SSSR count). The Morgan fingerprint density at radius 1 is 1.57 bits per heavy atom. The van der Waals surface area contributed by atoms with E-state index in [2.05, 4.69) is 4.99 Å². The Balaban J connectivity index is 1.64. The summed E-state index contributed by atoms with van der Waals surface area (Å²) in [5.74, 6) is -0.516. The molecule has 0 aliphatic carbocycles. The number of hydroxylamine groups is 2. The third kappa shape index (κ3) is 2.94. The molecule has 1 fully saturated rings. The van der Waals surface area contributed by atoms with Crippen molar-refractivity contribution in [1.82, 2.24) is 9.96 Å². The summed E-state index contributed by atoms with van der Waals surface area (Å²) in [6.45, 7) is 0.206. The number of carboxylic acids is 1. The van der Waals surface area contributed by atoms with Gasteiger partial charge in [-0.05, 0) is 12.2 Å². The predicted octanol–water partition coefficient (Wildman–Crippen LogP) is 0.936. The summed E-state index contributed by atoms with van der Waals surface area (Å²) in [5, 5.41) is 20.1. The second-order valence-electron chi connectivity index (χ2n) is 4.66. The van der Waals surface area contributed by atoms with Crippen molar-refractivity contribution in [2.24, 2.45) is 4.99 Å². The molecule has 9 heteroatoms. The van der Waals surface area contributed by atoms with Crippen LogP contribution in [0.4, 0.5) is 0 Å². The van der Waals surface area contributed by atoms with E-state index in [4.69, 9.17) is 5.21 Å².